The molecule has 0 fully saturated rings. The first-order valence-electron chi connectivity index (χ1n) is 4.63. The lowest BCUT2D eigenvalue weighted by atomic mass is 10.3. The Balaban J connectivity index is 2.48. The van der Waals surface area contributed by atoms with E-state index >= 15 is 0 Å². The van der Waals surface area contributed by atoms with Crippen LogP contribution >= 0.6 is 11.6 Å². The van der Waals surface area contributed by atoms with E-state index < -0.39 is 10.8 Å². The molecule has 1 amide bonds. The number of hydrogen-bond donors (Lipinski definition) is 2. The Morgan fingerprint density at radius 2 is 2.25 bits per heavy atom. The van der Waals surface area contributed by atoms with Crippen LogP contribution in [0, 0.1) is 0 Å². The fourth-order valence-corrected chi connectivity index (χ4v) is 1.99. The number of rotatable bonds is 5. The van der Waals surface area contributed by atoms with Crippen LogP contribution < -0.4 is 5.32 Å². The maximum atomic E-state index is 11.4. The van der Waals surface area contributed by atoms with Crippen molar-refractivity contribution in [3.63, 3.8) is 0 Å². The van der Waals surface area contributed by atoms with Crippen molar-refractivity contribution in [2.75, 3.05) is 23.4 Å². The average Bonchev–Trinajstić information content (AvgIpc) is 2.17. The van der Waals surface area contributed by atoms with Crippen LogP contribution in [-0.2, 0) is 15.6 Å². The SMILES string of the molecule is O=C(CS(=O)CCO)Nc1cccc(Cl)c1. The third-order valence-corrected chi connectivity index (χ3v) is 3.18. The summed E-state index contributed by atoms with van der Waals surface area (Å²) in [5, 5.41) is 11.6. The Labute approximate surface area is 101 Å². The molecule has 0 spiro atoms. The summed E-state index contributed by atoms with van der Waals surface area (Å²) in [6.45, 7) is -0.183. The zero-order valence-electron chi connectivity index (χ0n) is 8.48. The van der Waals surface area contributed by atoms with Gasteiger partial charge in [0, 0.05) is 27.3 Å². The Morgan fingerprint density at radius 1 is 1.50 bits per heavy atom. The number of aliphatic hydroxyl groups excluding tert-OH is 1. The number of anilines is 1. The molecule has 0 aliphatic carbocycles. The molecule has 1 atom stereocenters. The molecular formula is C10H12ClNO3S. The molecule has 1 unspecified atom stereocenters. The van der Waals surface area contributed by atoms with E-state index in [1.54, 1.807) is 24.3 Å². The number of hydrogen-bond acceptors (Lipinski definition) is 3. The van der Waals surface area contributed by atoms with Crippen LogP contribution in [0.3, 0.4) is 0 Å². The van der Waals surface area contributed by atoms with Crippen molar-refractivity contribution >= 4 is 34.0 Å². The van der Waals surface area contributed by atoms with Crippen molar-refractivity contribution < 1.29 is 14.1 Å². The summed E-state index contributed by atoms with van der Waals surface area (Å²) >= 11 is 5.74. The number of halogens is 1. The number of benzene rings is 1. The maximum absolute atomic E-state index is 11.4. The molecule has 0 bridgehead atoms. The van der Waals surface area contributed by atoms with Gasteiger partial charge in [0.05, 0.1) is 6.61 Å². The van der Waals surface area contributed by atoms with Crippen LogP contribution in [0.2, 0.25) is 5.02 Å². The molecule has 0 aliphatic rings. The Morgan fingerprint density at radius 3 is 2.88 bits per heavy atom. The van der Waals surface area contributed by atoms with Crippen LogP contribution in [0.25, 0.3) is 0 Å². The molecule has 1 rings (SSSR count). The fraction of sp³-hybridized carbons (Fsp3) is 0.300. The zero-order chi connectivity index (χ0) is 12.0. The summed E-state index contributed by atoms with van der Waals surface area (Å²) in [6.07, 6.45) is 0. The summed E-state index contributed by atoms with van der Waals surface area (Å²) in [5.74, 6) is -0.357. The predicted octanol–water partition coefficient (Wildman–Crippen LogP) is 1.02. The highest BCUT2D eigenvalue weighted by molar-refractivity contribution is 7.85. The molecule has 0 saturated heterocycles. The van der Waals surface area contributed by atoms with E-state index in [2.05, 4.69) is 5.32 Å². The van der Waals surface area contributed by atoms with Crippen LogP contribution in [0.4, 0.5) is 5.69 Å². The molecule has 88 valence electrons. The standard InChI is InChI=1S/C10H12ClNO3S/c11-8-2-1-3-9(6-8)12-10(14)7-16(15)5-4-13/h1-3,6,13H,4-5,7H2,(H,12,14). The van der Waals surface area contributed by atoms with Gasteiger partial charge in [0.1, 0.15) is 5.75 Å². The number of amides is 1. The van der Waals surface area contributed by atoms with E-state index in [4.69, 9.17) is 16.7 Å². The van der Waals surface area contributed by atoms with Gasteiger partial charge >= 0.3 is 0 Å². The highest BCUT2D eigenvalue weighted by Crippen LogP contribution is 2.14. The van der Waals surface area contributed by atoms with Gasteiger partial charge in [-0.25, -0.2) is 0 Å². The minimum Gasteiger partial charge on any atom is -0.395 e. The van der Waals surface area contributed by atoms with Gasteiger partial charge in [-0.15, -0.1) is 0 Å². The van der Waals surface area contributed by atoms with Crippen molar-refractivity contribution in [1.82, 2.24) is 0 Å². The second kappa shape index (κ2) is 6.62. The average molecular weight is 262 g/mol. The molecule has 0 aliphatic heterocycles. The van der Waals surface area contributed by atoms with E-state index in [9.17, 15) is 9.00 Å². The first-order valence-corrected chi connectivity index (χ1v) is 6.49. The third-order valence-electron chi connectivity index (χ3n) is 1.72. The quantitative estimate of drug-likeness (QED) is 0.832. The van der Waals surface area contributed by atoms with Gasteiger partial charge in [-0.2, -0.15) is 0 Å². The monoisotopic (exact) mass is 261 g/mol. The van der Waals surface area contributed by atoms with E-state index in [1.807, 2.05) is 0 Å². The molecule has 2 N–H and O–H groups in total. The van der Waals surface area contributed by atoms with Crippen molar-refractivity contribution in [2.24, 2.45) is 0 Å². The molecule has 1 aromatic carbocycles. The molecule has 0 heterocycles. The van der Waals surface area contributed by atoms with Gasteiger partial charge in [0.2, 0.25) is 5.91 Å². The van der Waals surface area contributed by atoms with E-state index in [-0.39, 0.29) is 24.0 Å². The van der Waals surface area contributed by atoms with Crippen LogP contribution in [-0.4, -0.2) is 33.3 Å². The fourth-order valence-electron chi connectivity index (χ4n) is 1.08. The van der Waals surface area contributed by atoms with Gasteiger partial charge in [-0.3, -0.25) is 9.00 Å². The Kier molecular flexibility index (Phi) is 5.45. The first kappa shape index (κ1) is 13.2. The maximum Gasteiger partial charge on any atom is 0.236 e. The number of carbonyl (C=O) groups excluding carboxylic acids is 1. The van der Waals surface area contributed by atoms with Gasteiger partial charge in [0.25, 0.3) is 0 Å². The molecule has 1 aromatic rings. The second-order valence-electron chi connectivity index (χ2n) is 3.07. The summed E-state index contributed by atoms with van der Waals surface area (Å²) in [6, 6.07) is 6.71. The van der Waals surface area contributed by atoms with Crippen molar-refractivity contribution in [2.45, 2.75) is 0 Å². The van der Waals surface area contributed by atoms with Crippen molar-refractivity contribution in [3.8, 4) is 0 Å². The highest BCUT2D eigenvalue weighted by Gasteiger charge is 2.07. The van der Waals surface area contributed by atoms with Crippen molar-refractivity contribution in [3.05, 3.63) is 29.3 Å². The van der Waals surface area contributed by atoms with Gasteiger partial charge < -0.3 is 10.4 Å². The second-order valence-corrected chi connectivity index (χ2v) is 5.08. The van der Waals surface area contributed by atoms with Gasteiger partial charge in [0.15, 0.2) is 0 Å². The lowest BCUT2D eigenvalue weighted by molar-refractivity contribution is -0.113. The summed E-state index contributed by atoms with van der Waals surface area (Å²) < 4.78 is 11.2. The largest absolute Gasteiger partial charge is 0.395 e. The number of carbonyl (C=O) groups is 1. The molecule has 6 heteroatoms. The Bertz CT molecular complexity index is 397. The van der Waals surface area contributed by atoms with E-state index in [1.165, 1.54) is 0 Å². The normalized spacial score (nSPS) is 12.1. The van der Waals surface area contributed by atoms with E-state index in [0.717, 1.165) is 0 Å². The molecular weight excluding hydrogens is 250 g/mol. The predicted molar refractivity (Wildman–Crippen MR) is 65.0 cm³/mol. The zero-order valence-corrected chi connectivity index (χ0v) is 10.1. The lowest BCUT2D eigenvalue weighted by Gasteiger charge is -2.04. The highest BCUT2D eigenvalue weighted by atomic mass is 35.5. The first-order chi connectivity index (χ1) is 7.61. The van der Waals surface area contributed by atoms with Crippen LogP contribution in [0.1, 0.15) is 0 Å². The third kappa shape index (κ3) is 4.74. The summed E-state index contributed by atoms with van der Waals surface area (Å²) in [4.78, 5) is 11.4. The van der Waals surface area contributed by atoms with Crippen molar-refractivity contribution in [1.29, 1.82) is 0 Å². The number of aliphatic hydroxyl groups is 1. The summed E-state index contributed by atoms with van der Waals surface area (Å²) in [5.41, 5.74) is 0.568. The molecule has 0 aromatic heterocycles. The molecule has 0 saturated carbocycles. The lowest BCUT2D eigenvalue weighted by Crippen LogP contribution is -2.21. The molecule has 0 radical (unpaired) electrons. The van der Waals surface area contributed by atoms with Gasteiger partial charge in [-0.05, 0) is 18.2 Å². The molecule has 4 nitrogen and oxygen atoms in total. The topological polar surface area (TPSA) is 66.4 Å². The molecule has 16 heavy (non-hydrogen) atoms. The smallest absolute Gasteiger partial charge is 0.236 e. The summed E-state index contributed by atoms with van der Waals surface area (Å²) in [7, 11) is -1.32. The van der Waals surface area contributed by atoms with Gasteiger partial charge in [-0.1, -0.05) is 17.7 Å². The van der Waals surface area contributed by atoms with Crippen LogP contribution in [0.15, 0.2) is 24.3 Å². The van der Waals surface area contributed by atoms with E-state index in [0.29, 0.717) is 10.7 Å². The van der Waals surface area contributed by atoms with Crippen LogP contribution in [0.5, 0.6) is 0 Å². The Hall–Kier alpha value is -0.910. The minimum absolute atomic E-state index is 0.114. The minimum atomic E-state index is -1.32. The number of nitrogens with one attached hydrogen (secondary N) is 1.